The van der Waals surface area contributed by atoms with Crippen LogP contribution >= 0.6 is 34.5 Å². The number of nitrogens with two attached hydrogens (primary N) is 1. The topological polar surface area (TPSA) is 85.3 Å². The summed E-state index contributed by atoms with van der Waals surface area (Å²) >= 11 is 13.2. The Hall–Kier alpha value is -1.81. The third-order valence-corrected chi connectivity index (χ3v) is 6.30. The number of thiophene rings is 1. The van der Waals surface area contributed by atoms with Crippen molar-refractivity contribution >= 4 is 46.1 Å². The first kappa shape index (κ1) is 19.5. The van der Waals surface area contributed by atoms with Crippen molar-refractivity contribution in [3.63, 3.8) is 0 Å². The molecule has 0 radical (unpaired) electrons. The Morgan fingerprint density at radius 2 is 2.14 bits per heavy atom. The summed E-state index contributed by atoms with van der Waals surface area (Å²) in [4.78, 5) is 17.0. The molecular formula is C17H15Cl2F2N5OS. The molecule has 4 rings (SSSR count). The average molecular weight is 446 g/mol. The van der Waals surface area contributed by atoms with Crippen LogP contribution in [0.15, 0.2) is 24.7 Å². The molecule has 2 unspecified atom stereocenters. The van der Waals surface area contributed by atoms with Gasteiger partial charge < -0.3 is 11.1 Å². The van der Waals surface area contributed by atoms with Crippen LogP contribution in [0.1, 0.15) is 28.9 Å². The molecular weight excluding hydrogens is 431 g/mol. The third-order valence-electron chi connectivity index (χ3n) is 4.74. The molecule has 11 heteroatoms. The normalized spacial score (nSPS) is 21.8. The number of hydrogen-bond donors (Lipinski definition) is 2. The van der Waals surface area contributed by atoms with E-state index in [0.717, 1.165) is 11.3 Å². The van der Waals surface area contributed by atoms with Crippen LogP contribution in [0.3, 0.4) is 0 Å². The molecule has 1 saturated carbocycles. The molecule has 3 N–H and O–H groups in total. The van der Waals surface area contributed by atoms with Crippen molar-refractivity contribution in [1.82, 2.24) is 19.9 Å². The lowest BCUT2D eigenvalue weighted by Crippen LogP contribution is -2.59. The molecule has 28 heavy (non-hydrogen) atoms. The number of fused-ring (bicyclic) bond motifs is 1. The van der Waals surface area contributed by atoms with Crippen molar-refractivity contribution in [2.75, 3.05) is 0 Å². The minimum atomic E-state index is -3.04. The lowest BCUT2D eigenvalue weighted by atomic mass is 9.87. The Morgan fingerprint density at radius 1 is 1.36 bits per heavy atom. The number of amides is 1. The molecule has 1 aliphatic carbocycles. The van der Waals surface area contributed by atoms with Gasteiger partial charge in [-0.15, -0.1) is 11.3 Å². The second-order valence-corrected chi connectivity index (χ2v) is 8.76. The van der Waals surface area contributed by atoms with E-state index in [-0.39, 0.29) is 11.3 Å². The van der Waals surface area contributed by atoms with E-state index in [1.165, 1.54) is 10.7 Å². The molecule has 0 aromatic carbocycles. The highest BCUT2D eigenvalue weighted by Gasteiger charge is 2.46. The van der Waals surface area contributed by atoms with Crippen LogP contribution in [-0.2, 0) is 0 Å². The molecule has 6 nitrogen and oxygen atoms in total. The van der Waals surface area contributed by atoms with Crippen LogP contribution in [0.25, 0.3) is 16.8 Å². The molecule has 0 aliphatic heterocycles. The second kappa shape index (κ2) is 7.22. The molecule has 1 aliphatic rings. The Morgan fingerprint density at radius 3 is 2.89 bits per heavy atom. The standard InChI is InChI=1S/C17H15Cl2F2N5OS/c18-8-5-23-15-10(6-24-26(15)7-8)9-4-12(28-14(9)19)16(27)25-13-11(22)2-1-3-17(13,20)21/h4-7,11,13H,1-3,22H2,(H,25,27). The van der Waals surface area contributed by atoms with Crippen LogP contribution in [0, 0.1) is 0 Å². The van der Waals surface area contributed by atoms with Gasteiger partial charge in [-0.05, 0) is 18.9 Å². The van der Waals surface area contributed by atoms with Gasteiger partial charge in [-0.2, -0.15) is 5.10 Å². The zero-order valence-electron chi connectivity index (χ0n) is 14.3. The zero-order chi connectivity index (χ0) is 20.1. The number of rotatable bonds is 3. The number of alkyl halides is 2. The number of nitrogens with one attached hydrogen (secondary N) is 1. The maximum absolute atomic E-state index is 14.2. The first-order valence-electron chi connectivity index (χ1n) is 8.49. The van der Waals surface area contributed by atoms with Crippen molar-refractivity contribution in [2.45, 2.75) is 37.3 Å². The van der Waals surface area contributed by atoms with Gasteiger partial charge in [-0.25, -0.2) is 18.3 Å². The molecule has 148 valence electrons. The fourth-order valence-electron chi connectivity index (χ4n) is 3.34. The SMILES string of the molecule is NC1CCCC(F)(F)C1NC(=O)c1cc(-c2cnn3cc(Cl)cnc23)c(Cl)s1. The summed E-state index contributed by atoms with van der Waals surface area (Å²) in [6, 6.07) is -0.655. The number of carbonyl (C=O) groups excluding carboxylic acids is 1. The van der Waals surface area contributed by atoms with Crippen LogP contribution in [0.4, 0.5) is 8.78 Å². The summed E-state index contributed by atoms with van der Waals surface area (Å²) in [5, 5.41) is 6.98. The highest BCUT2D eigenvalue weighted by molar-refractivity contribution is 7.18. The van der Waals surface area contributed by atoms with E-state index in [1.807, 2.05) is 0 Å². The number of halogens is 4. The van der Waals surface area contributed by atoms with Gasteiger partial charge in [-0.3, -0.25) is 4.79 Å². The third kappa shape index (κ3) is 3.47. The summed E-state index contributed by atoms with van der Waals surface area (Å²) in [5.41, 5.74) is 7.48. The summed E-state index contributed by atoms with van der Waals surface area (Å²) in [5.74, 6) is -3.67. The van der Waals surface area contributed by atoms with Crippen molar-refractivity contribution in [1.29, 1.82) is 0 Å². The predicted molar refractivity (Wildman–Crippen MR) is 104 cm³/mol. The summed E-state index contributed by atoms with van der Waals surface area (Å²) < 4.78 is 30.1. The zero-order valence-corrected chi connectivity index (χ0v) is 16.7. The lowest BCUT2D eigenvalue weighted by Gasteiger charge is -2.36. The van der Waals surface area contributed by atoms with Gasteiger partial charge >= 0.3 is 0 Å². The molecule has 0 spiro atoms. The van der Waals surface area contributed by atoms with E-state index < -0.39 is 23.9 Å². The van der Waals surface area contributed by atoms with Crippen LogP contribution in [-0.4, -0.2) is 38.5 Å². The number of carbonyl (C=O) groups is 1. The van der Waals surface area contributed by atoms with Crippen molar-refractivity contribution < 1.29 is 13.6 Å². The van der Waals surface area contributed by atoms with Crippen LogP contribution in [0.2, 0.25) is 9.36 Å². The number of aromatic nitrogens is 3. The smallest absolute Gasteiger partial charge is 0.269 e. The van der Waals surface area contributed by atoms with Gasteiger partial charge in [0.2, 0.25) is 0 Å². The fraction of sp³-hybridized carbons (Fsp3) is 0.353. The Kier molecular flexibility index (Phi) is 5.03. The summed E-state index contributed by atoms with van der Waals surface area (Å²) in [6.45, 7) is 0. The number of hydrogen-bond acceptors (Lipinski definition) is 5. The predicted octanol–water partition coefficient (Wildman–Crippen LogP) is 4.01. The van der Waals surface area contributed by atoms with Gasteiger partial charge in [0.25, 0.3) is 11.8 Å². The van der Waals surface area contributed by atoms with E-state index in [1.54, 1.807) is 18.5 Å². The van der Waals surface area contributed by atoms with Gasteiger partial charge in [0.1, 0.15) is 10.4 Å². The van der Waals surface area contributed by atoms with E-state index in [2.05, 4.69) is 15.4 Å². The molecule has 3 heterocycles. The largest absolute Gasteiger partial charge is 0.341 e. The minimum Gasteiger partial charge on any atom is -0.341 e. The summed E-state index contributed by atoms with van der Waals surface area (Å²) in [6.07, 6.45) is 5.10. The Bertz CT molecular complexity index is 1050. The quantitative estimate of drug-likeness (QED) is 0.637. The van der Waals surface area contributed by atoms with Gasteiger partial charge in [0.05, 0.1) is 22.3 Å². The minimum absolute atomic E-state index is 0.210. The highest BCUT2D eigenvalue weighted by atomic mass is 35.5. The average Bonchev–Trinajstić information content (AvgIpc) is 3.20. The molecule has 0 saturated heterocycles. The van der Waals surface area contributed by atoms with E-state index in [9.17, 15) is 13.6 Å². The molecule has 0 bridgehead atoms. The first-order valence-corrected chi connectivity index (χ1v) is 10.1. The van der Waals surface area contributed by atoms with Crippen molar-refractivity contribution in [2.24, 2.45) is 5.73 Å². The van der Waals surface area contributed by atoms with Crippen molar-refractivity contribution in [3.05, 3.63) is 38.9 Å². The van der Waals surface area contributed by atoms with Gasteiger partial charge in [0, 0.05) is 29.8 Å². The maximum atomic E-state index is 14.2. The maximum Gasteiger partial charge on any atom is 0.269 e. The van der Waals surface area contributed by atoms with E-state index in [0.29, 0.717) is 39.0 Å². The molecule has 3 aromatic heterocycles. The fourth-order valence-corrected chi connectivity index (χ4v) is 4.69. The Labute approximate surface area is 172 Å². The second-order valence-electron chi connectivity index (χ2n) is 6.66. The van der Waals surface area contributed by atoms with Crippen molar-refractivity contribution in [3.8, 4) is 11.1 Å². The Balaban J connectivity index is 1.63. The highest BCUT2D eigenvalue weighted by Crippen LogP contribution is 2.38. The lowest BCUT2D eigenvalue weighted by molar-refractivity contribution is -0.0674. The monoisotopic (exact) mass is 445 g/mol. The molecule has 2 atom stereocenters. The van der Waals surface area contributed by atoms with Gasteiger partial charge in [-0.1, -0.05) is 23.2 Å². The molecule has 1 amide bonds. The molecule has 3 aromatic rings. The van der Waals surface area contributed by atoms with Crippen LogP contribution in [0.5, 0.6) is 0 Å². The van der Waals surface area contributed by atoms with Gasteiger partial charge in [0.15, 0.2) is 5.65 Å². The van der Waals surface area contributed by atoms with E-state index in [4.69, 9.17) is 28.9 Å². The number of nitrogens with zero attached hydrogens (tertiary/aromatic N) is 3. The van der Waals surface area contributed by atoms with E-state index >= 15 is 0 Å². The first-order chi connectivity index (χ1) is 13.3. The van der Waals surface area contributed by atoms with Crippen LogP contribution < -0.4 is 11.1 Å². The summed E-state index contributed by atoms with van der Waals surface area (Å²) in [7, 11) is 0. The molecule has 1 fully saturated rings.